The number of fused-ring (bicyclic) bond motifs is 1. The van der Waals surface area contributed by atoms with Crippen LogP contribution in [-0.4, -0.2) is 17.1 Å². The summed E-state index contributed by atoms with van der Waals surface area (Å²) in [7, 11) is 0. The molecule has 4 rings (SSSR count). The second kappa shape index (κ2) is 7.83. The Labute approximate surface area is 163 Å². The van der Waals surface area contributed by atoms with Gasteiger partial charge in [-0.3, -0.25) is 4.98 Å². The number of nitrogens with zero attached hydrogens (tertiary/aromatic N) is 1. The number of hydrogen-bond acceptors (Lipinski definition) is 3. The van der Waals surface area contributed by atoms with Crippen molar-refractivity contribution in [3.8, 4) is 0 Å². The van der Waals surface area contributed by atoms with E-state index >= 15 is 0 Å². The highest BCUT2D eigenvalue weighted by molar-refractivity contribution is 6.31. The maximum absolute atomic E-state index is 6.08. The molecule has 2 aromatic carbocycles. The molecule has 0 amide bonds. The fourth-order valence-corrected chi connectivity index (χ4v) is 3.92. The molecule has 5 heteroatoms. The molecule has 3 nitrogen and oxygen atoms in total. The number of rotatable bonds is 5. The van der Waals surface area contributed by atoms with Crippen LogP contribution in [0.25, 0.3) is 10.9 Å². The lowest BCUT2D eigenvalue weighted by Gasteiger charge is -2.17. The van der Waals surface area contributed by atoms with Crippen molar-refractivity contribution in [3.05, 3.63) is 70.3 Å². The topological polar surface area (TPSA) is 37.0 Å². The summed E-state index contributed by atoms with van der Waals surface area (Å²) < 4.78 is 0. The van der Waals surface area contributed by atoms with Gasteiger partial charge < -0.3 is 10.6 Å². The number of halogens is 2. The van der Waals surface area contributed by atoms with Gasteiger partial charge in [0.1, 0.15) is 0 Å². The number of anilines is 1. The Kier molecular flexibility index (Phi) is 5.30. The van der Waals surface area contributed by atoms with E-state index in [0.717, 1.165) is 46.0 Å². The summed E-state index contributed by atoms with van der Waals surface area (Å²) in [5, 5.41) is 9.98. The molecule has 134 valence electrons. The smallest absolute Gasteiger partial charge is 0.0737 e. The van der Waals surface area contributed by atoms with Gasteiger partial charge in [-0.1, -0.05) is 35.3 Å². The highest BCUT2D eigenvalue weighted by Gasteiger charge is 2.24. The summed E-state index contributed by atoms with van der Waals surface area (Å²) in [6.45, 7) is 0.880. The van der Waals surface area contributed by atoms with E-state index in [1.165, 1.54) is 12.0 Å². The minimum absolute atomic E-state index is 0.471. The zero-order chi connectivity index (χ0) is 17.9. The molecule has 1 heterocycles. The largest absolute Gasteiger partial charge is 0.382 e. The zero-order valence-corrected chi connectivity index (χ0v) is 15.9. The van der Waals surface area contributed by atoms with E-state index in [-0.39, 0.29) is 0 Å². The molecule has 0 radical (unpaired) electrons. The first-order valence-corrected chi connectivity index (χ1v) is 9.71. The third kappa shape index (κ3) is 4.12. The van der Waals surface area contributed by atoms with Gasteiger partial charge in [0.2, 0.25) is 0 Å². The van der Waals surface area contributed by atoms with Gasteiger partial charge in [-0.15, -0.1) is 0 Å². The van der Waals surface area contributed by atoms with Crippen LogP contribution in [0.3, 0.4) is 0 Å². The van der Waals surface area contributed by atoms with Crippen LogP contribution >= 0.6 is 23.2 Å². The fraction of sp³-hybridized carbons (Fsp3) is 0.286. The third-order valence-corrected chi connectivity index (χ3v) is 5.49. The lowest BCUT2D eigenvalue weighted by atomic mass is 10.1. The fourth-order valence-electron chi connectivity index (χ4n) is 3.63. The van der Waals surface area contributed by atoms with Crippen molar-refractivity contribution in [3.63, 3.8) is 0 Å². The van der Waals surface area contributed by atoms with Crippen molar-refractivity contribution in [2.24, 2.45) is 0 Å². The summed E-state index contributed by atoms with van der Waals surface area (Å²) in [4.78, 5) is 4.42. The summed E-state index contributed by atoms with van der Waals surface area (Å²) in [6.07, 6.45) is 5.30. The van der Waals surface area contributed by atoms with Crippen molar-refractivity contribution in [1.82, 2.24) is 10.3 Å². The Balaban J connectivity index is 1.36. The van der Waals surface area contributed by atoms with Gasteiger partial charge in [0.05, 0.1) is 5.52 Å². The molecule has 2 atom stereocenters. The minimum Gasteiger partial charge on any atom is -0.382 e. The molecule has 0 saturated heterocycles. The SMILES string of the molecule is Clc1ccc(CN[C@H]2CC[C@@H](Nc3ccnc4cc(Cl)ccc34)C2)cc1. The molecule has 0 unspecified atom stereocenters. The van der Waals surface area contributed by atoms with E-state index in [1.54, 1.807) is 0 Å². The molecule has 1 aliphatic carbocycles. The van der Waals surface area contributed by atoms with Gasteiger partial charge in [0.25, 0.3) is 0 Å². The Bertz CT molecular complexity index is 895. The summed E-state index contributed by atoms with van der Waals surface area (Å²) in [5.74, 6) is 0. The van der Waals surface area contributed by atoms with Crippen molar-refractivity contribution < 1.29 is 0 Å². The van der Waals surface area contributed by atoms with E-state index in [1.807, 2.05) is 42.6 Å². The van der Waals surface area contributed by atoms with Crippen LogP contribution in [0, 0.1) is 0 Å². The third-order valence-electron chi connectivity index (χ3n) is 5.01. The van der Waals surface area contributed by atoms with Gasteiger partial charge >= 0.3 is 0 Å². The van der Waals surface area contributed by atoms with E-state index in [9.17, 15) is 0 Å². The number of hydrogen-bond donors (Lipinski definition) is 2. The van der Waals surface area contributed by atoms with E-state index in [0.29, 0.717) is 12.1 Å². The summed E-state index contributed by atoms with van der Waals surface area (Å²) in [5.41, 5.74) is 3.33. The van der Waals surface area contributed by atoms with Gasteiger partial charge in [-0.2, -0.15) is 0 Å². The van der Waals surface area contributed by atoms with E-state index < -0.39 is 0 Å². The number of benzene rings is 2. The first-order valence-electron chi connectivity index (χ1n) is 8.96. The molecule has 1 saturated carbocycles. The van der Waals surface area contributed by atoms with Gasteiger partial charge in [-0.25, -0.2) is 0 Å². The minimum atomic E-state index is 0.471. The van der Waals surface area contributed by atoms with Crippen LogP contribution in [0.4, 0.5) is 5.69 Å². The van der Waals surface area contributed by atoms with Crippen molar-refractivity contribution in [2.45, 2.75) is 37.9 Å². The first kappa shape index (κ1) is 17.6. The average molecular weight is 386 g/mol. The standard InChI is InChI=1S/C21H21Cl2N3/c22-15-3-1-14(2-4-15)13-25-17-6-7-18(12-17)26-20-9-10-24-21-11-16(23)5-8-19(20)21/h1-5,8-11,17-18,25H,6-7,12-13H2,(H,24,26)/t17-,18+/m0/s1. The highest BCUT2D eigenvalue weighted by atomic mass is 35.5. The van der Waals surface area contributed by atoms with Crippen molar-refractivity contribution in [1.29, 1.82) is 0 Å². The Morgan fingerprint density at radius 1 is 0.923 bits per heavy atom. The normalized spacial score (nSPS) is 19.8. The quantitative estimate of drug-likeness (QED) is 0.594. The van der Waals surface area contributed by atoms with Gasteiger partial charge in [0, 0.05) is 45.9 Å². The van der Waals surface area contributed by atoms with Crippen LogP contribution in [0.5, 0.6) is 0 Å². The Morgan fingerprint density at radius 3 is 2.54 bits per heavy atom. The number of pyridine rings is 1. The number of aromatic nitrogens is 1. The van der Waals surface area contributed by atoms with E-state index in [2.05, 4.69) is 27.8 Å². The predicted molar refractivity (Wildman–Crippen MR) is 110 cm³/mol. The lowest BCUT2D eigenvalue weighted by Crippen LogP contribution is -2.27. The van der Waals surface area contributed by atoms with Gasteiger partial charge in [0.15, 0.2) is 0 Å². The molecule has 1 fully saturated rings. The summed E-state index contributed by atoms with van der Waals surface area (Å²) >= 11 is 12.0. The molecule has 0 spiro atoms. The second-order valence-corrected chi connectivity index (χ2v) is 7.75. The first-order chi connectivity index (χ1) is 12.7. The molecule has 0 bridgehead atoms. The monoisotopic (exact) mass is 385 g/mol. The molecular weight excluding hydrogens is 365 g/mol. The van der Waals surface area contributed by atoms with Crippen molar-refractivity contribution in [2.75, 3.05) is 5.32 Å². The Hall–Kier alpha value is -1.81. The van der Waals surface area contributed by atoms with Gasteiger partial charge in [-0.05, 0) is 61.2 Å². The lowest BCUT2D eigenvalue weighted by molar-refractivity contribution is 0.520. The molecule has 1 aliphatic rings. The highest BCUT2D eigenvalue weighted by Crippen LogP contribution is 2.28. The van der Waals surface area contributed by atoms with Crippen LogP contribution < -0.4 is 10.6 Å². The summed E-state index contributed by atoms with van der Waals surface area (Å²) in [6, 6.07) is 17.0. The molecule has 1 aromatic heterocycles. The average Bonchev–Trinajstić information content (AvgIpc) is 3.09. The molecule has 3 aromatic rings. The van der Waals surface area contributed by atoms with Crippen LogP contribution in [-0.2, 0) is 6.54 Å². The maximum Gasteiger partial charge on any atom is 0.0737 e. The zero-order valence-electron chi connectivity index (χ0n) is 14.4. The maximum atomic E-state index is 6.08. The molecule has 26 heavy (non-hydrogen) atoms. The molecule has 2 N–H and O–H groups in total. The predicted octanol–water partition coefficient (Wildman–Crippen LogP) is 5.66. The van der Waals surface area contributed by atoms with E-state index in [4.69, 9.17) is 23.2 Å². The molecular formula is C21H21Cl2N3. The molecule has 0 aliphatic heterocycles. The van der Waals surface area contributed by atoms with Crippen LogP contribution in [0.15, 0.2) is 54.7 Å². The van der Waals surface area contributed by atoms with Crippen molar-refractivity contribution >= 4 is 39.8 Å². The van der Waals surface area contributed by atoms with Crippen LogP contribution in [0.2, 0.25) is 10.0 Å². The Morgan fingerprint density at radius 2 is 1.69 bits per heavy atom. The number of nitrogens with one attached hydrogen (secondary N) is 2. The second-order valence-electron chi connectivity index (χ2n) is 6.88. The van der Waals surface area contributed by atoms with Crippen LogP contribution in [0.1, 0.15) is 24.8 Å².